The Morgan fingerprint density at radius 3 is 2.73 bits per heavy atom. The van der Waals surface area contributed by atoms with Crippen molar-refractivity contribution in [3.8, 4) is 5.75 Å². The molecule has 1 atom stereocenters. The maximum Gasteiger partial charge on any atom is 0.265 e. The van der Waals surface area contributed by atoms with Gasteiger partial charge in [-0.15, -0.1) is 22.7 Å². The molecule has 0 saturated carbocycles. The highest BCUT2D eigenvalue weighted by Crippen LogP contribution is 2.37. The fraction of sp³-hybridized carbons (Fsp3) is 0.409. The molecule has 1 fully saturated rings. The van der Waals surface area contributed by atoms with Crippen molar-refractivity contribution in [1.82, 2.24) is 14.9 Å². The molecule has 4 rings (SSSR count). The Kier molecular flexibility index (Phi) is 6.17. The van der Waals surface area contributed by atoms with Gasteiger partial charge in [0, 0.05) is 19.5 Å². The van der Waals surface area contributed by atoms with Crippen LogP contribution in [0.4, 0.5) is 0 Å². The van der Waals surface area contributed by atoms with Crippen LogP contribution < -0.4 is 4.74 Å². The first-order chi connectivity index (χ1) is 14.5. The summed E-state index contributed by atoms with van der Waals surface area (Å²) in [6.07, 6.45) is 1.79. The van der Waals surface area contributed by atoms with Crippen molar-refractivity contribution in [2.24, 2.45) is 0 Å². The second kappa shape index (κ2) is 8.83. The lowest BCUT2D eigenvalue weighted by molar-refractivity contribution is 0.0209. The fourth-order valence-electron chi connectivity index (χ4n) is 3.61. The van der Waals surface area contributed by atoms with Gasteiger partial charge in [0.05, 0.1) is 21.8 Å². The van der Waals surface area contributed by atoms with Gasteiger partial charge in [-0.2, -0.15) is 0 Å². The smallest absolute Gasteiger partial charge is 0.265 e. The number of hydrogen-bond donors (Lipinski definition) is 1. The van der Waals surface area contributed by atoms with E-state index in [1.54, 1.807) is 5.51 Å². The molecule has 0 spiro atoms. The summed E-state index contributed by atoms with van der Waals surface area (Å²) >= 11 is 2.88. The molecule has 3 aromatic rings. The molecule has 3 heterocycles. The molecule has 6 nitrogen and oxygen atoms in total. The van der Waals surface area contributed by atoms with Gasteiger partial charge < -0.3 is 14.7 Å². The number of amides is 1. The average Bonchev–Trinajstić information content (AvgIpc) is 3.28. The van der Waals surface area contributed by atoms with Crippen LogP contribution in [0.1, 0.15) is 50.2 Å². The quantitative estimate of drug-likeness (QED) is 0.636. The van der Waals surface area contributed by atoms with Crippen LogP contribution in [0, 0.1) is 13.8 Å². The normalized spacial score (nSPS) is 19.5. The maximum atomic E-state index is 12.8. The van der Waals surface area contributed by atoms with Gasteiger partial charge in [0.15, 0.2) is 0 Å². The van der Waals surface area contributed by atoms with E-state index in [4.69, 9.17) is 4.74 Å². The molecule has 158 valence electrons. The van der Waals surface area contributed by atoms with Gasteiger partial charge in [-0.3, -0.25) is 4.79 Å². The first-order valence-corrected chi connectivity index (χ1v) is 11.7. The minimum atomic E-state index is -1.02. The zero-order valence-electron chi connectivity index (χ0n) is 17.1. The molecule has 1 amide bonds. The third kappa shape index (κ3) is 4.40. The van der Waals surface area contributed by atoms with Crippen molar-refractivity contribution in [3.63, 3.8) is 0 Å². The first kappa shape index (κ1) is 21.0. The third-order valence-electron chi connectivity index (χ3n) is 5.44. The Balaban J connectivity index is 1.45. The summed E-state index contributed by atoms with van der Waals surface area (Å²) in [6, 6.07) is 9.68. The van der Waals surface area contributed by atoms with Gasteiger partial charge in [-0.05, 0) is 38.8 Å². The number of likely N-dealkylation sites (tertiary alicyclic amines) is 1. The zero-order chi connectivity index (χ0) is 21.1. The molecular weight excluding hydrogens is 418 g/mol. The van der Waals surface area contributed by atoms with E-state index in [1.165, 1.54) is 22.7 Å². The molecule has 1 N–H and O–H groups in total. The third-order valence-corrected chi connectivity index (χ3v) is 7.69. The number of carbonyl (C=O) groups is 1. The molecule has 1 unspecified atom stereocenters. The maximum absolute atomic E-state index is 12.8. The lowest BCUT2D eigenvalue weighted by Crippen LogP contribution is -2.33. The van der Waals surface area contributed by atoms with Crippen LogP contribution in [-0.4, -0.2) is 39.0 Å². The van der Waals surface area contributed by atoms with Gasteiger partial charge in [-0.25, -0.2) is 9.97 Å². The Morgan fingerprint density at radius 2 is 2.00 bits per heavy atom. The number of hydrogen-bond acceptors (Lipinski definition) is 7. The van der Waals surface area contributed by atoms with E-state index in [0.717, 1.165) is 33.4 Å². The lowest BCUT2D eigenvalue weighted by Gasteiger charge is -2.24. The minimum Gasteiger partial charge on any atom is -0.488 e. The molecule has 8 heteroatoms. The highest BCUT2D eigenvalue weighted by atomic mass is 32.1. The van der Waals surface area contributed by atoms with Crippen LogP contribution in [0.3, 0.4) is 0 Å². The van der Waals surface area contributed by atoms with Crippen LogP contribution in [0.25, 0.3) is 0 Å². The Hall–Kier alpha value is -2.29. The monoisotopic (exact) mass is 443 g/mol. The SMILES string of the molecule is Cc1nc(C2(O)CCCN(C(=O)c3scnc3C)CC2)sc1COc1ccccc1. The second-order valence-electron chi connectivity index (χ2n) is 7.57. The number of nitrogens with zero attached hydrogens (tertiary/aromatic N) is 3. The van der Waals surface area contributed by atoms with Crippen LogP contribution in [0.2, 0.25) is 0 Å². The largest absolute Gasteiger partial charge is 0.488 e. The van der Waals surface area contributed by atoms with E-state index in [0.29, 0.717) is 37.4 Å². The highest BCUT2D eigenvalue weighted by Gasteiger charge is 2.37. The summed E-state index contributed by atoms with van der Waals surface area (Å²) in [6.45, 7) is 5.37. The number of carbonyl (C=O) groups excluding carboxylic acids is 1. The fourth-order valence-corrected chi connectivity index (χ4v) is 5.50. The molecule has 0 bridgehead atoms. The van der Waals surface area contributed by atoms with Crippen molar-refractivity contribution in [2.75, 3.05) is 13.1 Å². The number of ether oxygens (including phenoxy) is 1. The van der Waals surface area contributed by atoms with E-state index in [9.17, 15) is 9.90 Å². The van der Waals surface area contributed by atoms with Crippen LogP contribution >= 0.6 is 22.7 Å². The second-order valence-corrected chi connectivity index (χ2v) is 9.51. The molecule has 1 aliphatic rings. The Labute approximate surface area is 184 Å². The van der Waals surface area contributed by atoms with E-state index < -0.39 is 5.60 Å². The molecule has 1 aliphatic heterocycles. The van der Waals surface area contributed by atoms with Crippen molar-refractivity contribution in [3.05, 3.63) is 62.0 Å². The zero-order valence-corrected chi connectivity index (χ0v) is 18.8. The predicted octanol–water partition coefficient (Wildman–Crippen LogP) is 4.31. The summed E-state index contributed by atoms with van der Waals surface area (Å²) in [5.74, 6) is 0.819. The van der Waals surface area contributed by atoms with Crippen LogP contribution in [0.5, 0.6) is 5.75 Å². The van der Waals surface area contributed by atoms with Crippen molar-refractivity contribution < 1.29 is 14.6 Å². The summed E-state index contributed by atoms with van der Waals surface area (Å²) in [4.78, 5) is 25.2. The van der Waals surface area contributed by atoms with Crippen LogP contribution in [-0.2, 0) is 12.2 Å². The van der Waals surface area contributed by atoms with E-state index >= 15 is 0 Å². The first-order valence-electron chi connectivity index (χ1n) is 10.0. The average molecular weight is 444 g/mol. The number of aliphatic hydroxyl groups is 1. The molecule has 2 aromatic heterocycles. The summed E-state index contributed by atoms with van der Waals surface area (Å²) in [5.41, 5.74) is 2.34. The van der Waals surface area contributed by atoms with Crippen molar-refractivity contribution in [1.29, 1.82) is 0 Å². The van der Waals surface area contributed by atoms with Gasteiger partial charge in [-0.1, -0.05) is 18.2 Å². The molecule has 0 radical (unpaired) electrons. The number of aromatic nitrogens is 2. The number of aryl methyl sites for hydroxylation is 2. The lowest BCUT2D eigenvalue weighted by atomic mass is 9.96. The van der Waals surface area contributed by atoms with Gasteiger partial charge >= 0.3 is 0 Å². The molecular formula is C22H25N3O3S2. The minimum absolute atomic E-state index is 0.00604. The Bertz CT molecular complexity index is 1020. The summed E-state index contributed by atoms with van der Waals surface area (Å²) < 4.78 is 5.86. The Morgan fingerprint density at radius 1 is 1.20 bits per heavy atom. The number of benzene rings is 1. The van der Waals surface area contributed by atoms with Crippen molar-refractivity contribution in [2.45, 2.75) is 45.3 Å². The van der Waals surface area contributed by atoms with E-state index in [-0.39, 0.29) is 5.91 Å². The summed E-state index contributed by atoms with van der Waals surface area (Å²) in [5, 5.41) is 12.1. The van der Waals surface area contributed by atoms with E-state index in [2.05, 4.69) is 9.97 Å². The van der Waals surface area contributed by atoms with Crippen molar-refractivity contribution >= 4 is 28.6 Å². The number of rotatable bonds is 5. The standard InChI is InChI=1S/C22H25N3O3S2/c1-15-18(13-28-17-7-4-3-5-8-17)30-21(24-15)22(27)9-6-11-25(12-10-22)20(26)19-16(2)23-14-29-19/h3-5,7-8,14,27H,6,9-13H2,1-2H3. The number of thiazole rings is 2. The predicted molar refractivity (Wildman–Crippen MR) is 118 cm³/mol. The molecule has 1 aromatic carbocycles. The van der Waals surface area contributed by atoms with Gasteiger partial charge in [0.1, 0.15) is 27.8 Å². The molecule has 0 aliphatic carbocycles. The molecule has 1 saturated heterocycles. The highest BCUT2D eigenvalue weighted by molar-refractivity contribution is 7.12. The van der Waals surface area contributed by atoms with Gasteiger partial charge in [0.2, 0.25) is 0 Å². The topological polar surface area (TPSA) is 75.6 Å². The molecule has 30 heavy (non-hydrogen) atoms. The van der Waals surface area contributed by atoms with E-state index in [1.807, 2.05) is 49.1 Å². The summed E-state index contributed by atoms with van der Waals surface area (Å²) in [7, 11) is 0. The van der Waals surface area contributed by atoms with Crippen LogP contribution in [0.15, 0.2) is 35.8 Å². The number of para-hydroxylation sites is 1. The van der Waals surface area contributed by atoms with Gasteiger partial charge in [0.25, 0.3) is 5.91 Å².